The molecule has 0 aliphatic carbocycles. The zero-order valence-electron chi connectivity index (χ0n) is 11.7. The first-order valence-electron chi connectivity index (χ1n) is 6.82. The maximum atomic E-state index is 6.13. The first kappa shape index (κ1) is 13.1. The van der Waals surface area contributed by atoms with Crippen LogP contribution in [-0.2, 0) is 0 Å². The van der Waals surface area contributed by atoms with Crippen LogP contribution in [0.5, 0.6) is 5.75 Å². The molecule has 1 saturated heterocycles. The second-order valence-corrected chi connectivity index (χ2v) is 5.30. The van der Waals surface area contributed by atoms with Crippen molar-refractivity contribution in [3.05, 3.63) is 18.2 Å². The number of nitrogens with two attached hydrogens (primary N) is 1. The Hall–Kier alpha value is -1.38. The smallest absolute Gasteiger partial charge is 0.121 e. The van der Waals surface area contributed by atoms with Crippen molar-refractivity contribution in [3.8, 4) is 5.75 Å². The van der Waals surface area contributed by atoms with Gasteiger partial charge in [-0.2, -0.15) is 0 Å². The molecule has 0 saturated carbocycles. The van der Waals surface area contributed by atoms with Crippen LogP contribution in [0.3, 0.4) is 0 Å². The van der Waals surface area contributed by atoms with Crippen molar-refractivity contribution in [2.45, 2.75) is 33.1 Å². The van der Waals surface area contributed by atoms with Crippen LogP contribution >= 0.6 is 0 Å². The number of nitrogens with zero attached hydrogens (tertiary/aromatic N) is 1. The monoisotopic (exact) mass is 248 g/mol. The number of hydrogen-bond acceptors (Lipinski definition) is 3. The molecule has 0 spiro atoms. The van der Waals surface area contributed by atoms with Crippen LogP contribution in [0.4, 0.5) is 11.4 Å². The minimum absolute atomic E-state index is 0.479. The molecule has 1 aromatic carbocycles. The van der Waals surface area contributed by atoms with Gasteiger partial charge in [-0.05, 0) is 36.8 Å². The number of nitrogen functional groups attached to an aromatic ring is 1. The largest absolute Gasteiger partial charge is 0.497 e. The Bertz CT molecular complexity index is 413. The van der Waals surface area contributed by atoms with Crippen LogP contribution in [0, 0.1) is 5.41 Å². The van der Waals surface area contributed by atoms with E-state index in [0.29, 0.717) is 5.41 Å². The van der Waals surface area contributed by atoms with Gasteiger partial charge in [-0.3, -0.25) is 0 Å². The molecular formula is C15H24N2O. The average Bonchev–Trinajstić information content (AvgIpc) is 2.83. The van der Waals surface area contributed by atoms with Crippen LogP contribution in [0.25, 0.3) is 0 Å². The minimum atomic E-state index is 0.479. The summed E-state index contributed by atoms with van der Waals surface area (Å²) in [5.74, 6) is 0.827. The Morgan fingerprint density at radius 1 is 1.33 bits per heavy atom. The fourth-order valence-electron chi connectivity index (χ4n) is 2.92. The van der Waals surface area contributed by atoms with Crippen LogP contribution in [0.1, 0.15) is 33.1 Å². The molecule has 1 aliphatic rings. The van der Waals surface area contributed by atoms with Crippen LogP contribution in [-0.4, -0.2) is 20.2 Å². The molecule has 1 heterocycles. The van der Waals surface area contributed by atoms with E-state index in [4.69, 9.17) is 10.5 Å². The van der Waals surface area contributed by atoms with Gasteiger partial charge in [0.1, 0.15) is 5.75 Å². The zero-order chi connectivity index (χ0) is 13.2. The van der Waals surface area contributed by atoms with E-state index in [1.165, 1.54) is 19.3 Å². The lowest BCUT2D eigenvalue weighted by Crippen LogP contribution is -2.26. The third kappa shape index (κ3) is 2.26. The van der Waals surface area contributed by atoms with Crippen molar-refractivity contribution in [3.63, 3.8) is 0 Å². The topological polar surface area (TPSA) is 38.5 Å². The normalized spacial score (nSPS) is 18.1. The lowest BCUT2D eigenvalue weighted by molar-refractivity contribution is 0.301. The fraction of sp³-hybridized carbons (Fsp3) is 0.600. The third-order valence-corrected chi connectivity index (χ3v) is 4.51. The highest BCUT2D eigenvalue weighted by Crippen LogP contribution is 2.40. The molecule has 0 aromatic heterocycles. The van der Waals surface area contributed by atoms with Gasteiger partial charge in [0.15, 0.2) is 0 Å². The molecule has 100 valence electrons. The van der Waals surface area contributed by atoms with Crippen molar-refractivity contribution in [2.75, 3.05) is 30.8 Å². The van der Waals surface area contributed by atoms with Gasteiger partial charge in [-0.25, -0.2) is 0 Å². The summed E-state index contributed by atoms with van der Waals surface area (Å²) in [6, 6.07) is 5.98. The lowest BCUT2D eigenvalue weighted by atomic mass is 9.82. The van der Waals surface area contributed by atoms with Gasteiger partial charge in [0.05, 0.1) is 18.5 Å². The first-order valence-corrected chi connectivity index (χ1v) is 6.82. The molecule has 0 unspecified atom stereocenters. The van der Waals surface area contributed by atoms with E-state index in [2.05, 4.69) is 24.8 Å². The second kappa shape index (κ2) is 5.09. The summed E-state index contributed by atoms with van der Waals surface area (Å²) in [5.41, 5.74) is 8.57. The van der Waals surface area contributed by atoms with Crippen molar-refractivity contribution >= 4 is 11.4 Å². The van der Waals surface area contributed by atoms with Gasteiger partial charge >= 0.3 is 0 Å². The predicted molar refractivity (Wildman–Crippen MR) is 77.3 cm³/mol. The molecule has 0 amide bonds. The molecule has 3 heteroatoms. The Morgan fingerprint density at radius 2 is 2.06 bits per heavy atom. The SMILES string of the molecule is CCC1(CC)CCN(c2ccc(OC)cc2N)C1. The molecule has 0 atom stereocenters. The van der Waals surface area contributed by atoms with Crippen molar-refractivity contribution in [2.24, 2.45) is 5.41 Å². The molecular weight excluding hydrogens is 224 g/mol. The Morgan fingerprint density at radius 3 is 2.56 bits per heavy atom. The van der Waals surface area contributed by atoms with E-state index in [1.807, 2.05) is 12.1 Å². The maximum absolute atomic E-state index is 6.13. The summed E-state index contributed by atoms with van der Waals surface area (Å²) in [5, 5.41) is 0. The molecule has 1 fully saturated rings. The molecule has 0 bridgehead atoms. The summed E-state index contributed by atoms with van der Waals surface area (Å²) in [6.45, 7) is 6.82. The van der Waals surface area contributed by atoms with Gasteiger partial charge in [-0.1, -0.05) is 13.8 Å². The molecule has 2 rings (SSSR count). The number of anilines is 2. The highest BCUT2D eigenvalue weighted by Gasteiger charge is 2.35. The van der Waals surface area contributed by atoms with E-state index in [-0.39, 0.29) is 0 Å². The Balaban J connectivity index is 2.19. The fourth-order valence-corrected chi connectivity index (χ4v) is 2.92. The predicted octanol–water partition coefficient (Wildman–Crippen LogP) is 3.29. The Kier molecular flexibility index (Phi) is 3.69. The van der Waals surface area contributed by atoms with E-state index >= 15 is 0 Å². The number of hydrogen-bond donors (Lipinski definition) is 1. The van der Waals surface area contributed by atoms with E-state index in [0.717, 1.165) is 30.2 Å². The van der Waals surface area contributed by atoms with Gasteiger partial charge in [0, 0.05) is 19.2 Å². The van der Waals surface area contributed by atoms with E-state index in [9.17, 15) is 0 Å². The van der Waals surface area contributed by atoms with Crippen molar-refractivity contribution < 1.29 is 4.74 Å². The molecule has 1 aromatic rings. The summed E-state index contributed by atoms with van der Waals surface area (Å²) < 4.78 is 5.20. The maximum Gasteiger partial charge on any atom is 0.121 e. The first-order chi connectivity index (χ1) is 8.64. The standard InChI is InChI=1S/C15H24N2O/c1-4-15(5-2)8-9-17(11-15)14-7-6-12(18-3)10-13(14)16/h6-7,10H,4-5,8-9,11,16H2,1-3H3. The summed E-state index contributed by atoms with van der Waals surface area (Å²) in [7, 11) is 1.67. The lowest BCUT2D eigenvalue weighted by Gasteiger charge is -2.27. The van der Waals surface area contributed by atoms with Gasteiger partial charge < -0.3 is 15.4 Å². The summed E-state index contributed by atoms with van der Waals surface area (Å²) in [4.78, 5) is 2.42. The number of benzene rings is 1. The number of ether oxygens (including phenoxy) is 1. The summed E-state index contributed by atoms with van der Waals surface area (Å²) in [6.07, 6.45) is 3.76. The van der Waals surface area contributed by atoms with E-state index < -0.39 is 0 Å². The average molecular weight is 248 g/mol. The van der Waals surface area contributed by atoms with Crippen LogP contribution in [0.2, 0.25) is 0 Å². The minimum Gasteiger partial charge on any atom is -0.497 e. The molecule has 2 N–H and O–H groups in total. The zero-order valence-corrected chi connectivity index (χ0v) is 11.7. The quantitative estimate of drug-likeness (QED) is 0.831. The summed E-state index contributed by atoms with van der Waals surface area (Å²) >= 11 is 0. The van der Waals surface area contributed by atoms with Gasteiger partial charge in [0.25, 0.3) is 0 Å². The van der Waals surface area contributed by atoms with Crippen LogP contribution in [0.15, 0.2) is 18.2 Å². The molecule has 1 aliphatic heterocycles. The van der Waals surface area contributed by atoms with Gasteiger partial charge in [-0.15, -0.1) is 0 Å². The van der Waals surface area contributed by atoms with Crippen molar-refractivity contribution in [1.29, 1.82) is 0 Å². The highest BCUT2D eigenvalue weighted by atomic mass is 16.5. The number of rotatable bonds is 4. The number of methoxy groups -OCH3 is 1. The second-order valence-electron chi connectivity index (χ2n) is 5.30. The van der Waals surface area contributed by atoms with Crippen molar-refractivity contribution in [1.82, 2.24) is 0 Å². The van der Waals surface area contributed by atoms with Crippen LogP contribution < -0.4 is 15.4 Å². The van der Waals surface area contributed by atoms with E-state index in [1.54, 1.807) is 7.11 Å². The molecule has 0 radical (unpaired) electrons. The molecule has 18 heavy (non-hydrogen) atoms. The highest BCUT2D eigenvalue weighted by molar-refractivity contribution is 5.70. The molecule has 3 nitrogen and oxygen atoms in total. The van der Waals surface area contributed by atoms with Gasteiger partial charge in [0.2, 0.25) is 0 Å². The third-order valence-electron chi connectivity index (χ3n) is 4.51. The Labute approximate surface area is 110 Å².